The number of carbonyl (C=O) groups excluding carboxylic acids is 2. The summed E-state index contributed by atoms with van der Waals surface area (Å²) in [6.07, 6.45) is 0.803. The van der Waals surface area contributed by atoms with Gasteiger partial charge in [-0.1, -0.05) is 20.3 Å². The van der Waals surface area contributed by atoms with Gasteiger partial charge < -0.3 is 31.5 Å². The zero-order valence-corrected chi connectivity index (χ0v) is 26.3. The average Bonchev–Trinajstić information content (AvgIpc) is 2.96. The van der Waals surface area contributed by atoms with Crippen LogP contribution in [0.15, 0.2) is 0 Å². The fourth-order valence-corrected chi connectivity index (χ4v) is 7.41. The van der Waals surface area contributed by atoms with Crippen molar-refractivity contribution in [2.45, 2.75) is 102 Å². The number of rotatable bonds is 8. The van der Waals surface area contributed by atoms with Gasteiger partial charge in [-0.25, -0.2) is 8.78 Å². The number of amides is 2. The van der Waals surface area contributed by atoms with Crippen molar-refractivity contribution in [3.8, 4) is 0 Å². The third-order valence-electron chi connectivity index (χ3n) is 10.3. The van der Waals surface area contributed by atoms with Gasteiger partial charge in [0.2, 0.25) is 11.8 Å². The monoisotopic (exact) mass is 598 g/mol. The van der Waals surface area contributed by atoms with Crippen LogP contribution in [-0.4, -0.2) is 135 Å². The molecule has 42 heavy (non-hydrogen) atoms. The summed E-state index contributed by atoms with van der Waals surface area (Å²) in [5.41, 5.74) is 6.63. The van der Waals surface area contributed by atoms with E-state index in [2.05, 4.69) is 44.9 Å². The summed E-state index contributed by atoms with van der Waals surface area (Å²) in [5, 5.41) is 12.9. The van der Waals surface area contributed by atoms with Gasteiger partial charge in [-0.05, 0) is 65.7 Å². The lowest BCUT2D eigenvalue weighted by Crippen LogP contribution is -2.68. The molecular weight excluding hydrogens is 542 g/mol. The normalized spacial score (nSPS) is 36.9. The Morgan fingerprint density at radius 3 is 2.45 bits per heavy atom. The molecule has 4 saturated heterocycles. The first-order valence-electron chi connectivity index (χ1n) is 16.2. The number of hydrogen-bond acceptors (Lipinski definition) is 8. The van der Waals surface area contributed by atoms with Gasteiger partial charge in [0.15, 0.2) is 0 Å². The molecule has 9 atom stereocenters. The predicted octanol–water partition coefficient (Wildman–Crippen LogP) is 0.281. The van der Waals surface area contributed by atoms with Gasteiger partial charge in [0.25, 0.3) is 0 Å². The molecule has 4 aliphatic rings. The quantitative estimate of drug-likeness (QED) is 0.271. The Morgan fingerprint density at radius 2 is 1.81 bits per heavy atom. The maximum Gasteiger partial charge on any atom is 0.227 e. The van der Waals surface area contributed by atoms with Gasteiger partial charge in [0.1, 0.15) is 12.3 Å². The molecule has 12 heteroatoms. The van der Waals surface area contributed by atoms with E-state index in [1.807, 2.05) is 25.9 Å². The van der Waals surface area contributed by atoms with Gasteiger partial charge in [0, 0.05) is 56.8 Å². The summed E-state index contributed by atoms with van der Waals surface area (Å²) in [4.78, 5) is 33.1. The van der Waals surface area contributed by atoms with Crippen LogP contribution >= 0.6 is 0 Å². The fraction of sp³-hybridized carbons (Fsp3) is 0.933. The molecule has 4 fully saturated rings. The van der Waals surface area contributed by atoms with Crippen LogP contribution in [0.4, 0.5) is 8.78 Å². The number of hydrogen-bond donors (Lipinski definition) is 5. The lowest BCUT2D eigenvalue weighted by Gasteiger charge is -2.47. The van der Waals surface area contributed by atoms with Crippen molar-refractivity contribution < 1.29 is 18.4 Å². The Labute approximate surface area is 251 Å². The Kier molecular flexibility index (Phi) is 12.0. The second-order valence-corrected chi connectivity index (χ2v) is 13.6. The van der Waals surface area contributed by atoms with Crippen LogP contribution in [-0.2, 0) is 9.59 Å². The van der Waals surface area contributed by atoms with E-state index < -0.39 is 36.5 Å². The largest absolute Gasteiger partial charge is 0.350 e. The molecule has 4 heterocycles. The van der Waals surface area contributed by atoms with Crippen LogP contribution in [0, 0.1) is 17.8 Å². The third-order valence-corrected chi connectivity index (χ3v) is 10.3. The zero-order valence-electron chi connectivity index (χ0n) is 26.3. The minimum absolute atomic E-state index is 0.0330. The molecule has 0 radical (unpaired) electrons. The van der Waals surface area contributed by atoms with E-state index in [-0.39, 0.29) is 48.8 Å². The number of nitrogens with one attached hydrogen (secondary N) is 4. The minimum Gasteiger partial charge on any atom is -0.350 e. The van der Waals surface area contributed by atoms with E-state index in [0.29, 0.717) is 44.9 Å². The number of nitrogens with two attached hydrogens (primary N) is 1. The molecule has 242 valence electrons. The highest BCUT2D eigenvalue weighted by Gasteiger charge is 2.44. The average molecular weight is 599 g/mol. The van der Waals surface area contributed by atoms with E-state index in [0.717, 1.165) is 25.9 Å². The molecule has 4 rings (SSSR count). The molecule has 0 saturated carbocycles. The zero-order chi connectivity index (χ0) is 30.6. The highest BCUT2D eigenvalue weighted by Crippen LogP contribution is 2.28. The van der Waals surface area contributed by atoms with Crippen molar-refractivity contribution in [3.63, 3.8) is 0 Å². The number of carbonyl (C=O) groups is 2. The second-order valence-electron chi connectivity index (χ2n) is 13.6. The van der Waals surface area contributed by atoms with E-state index in [1.54, 1.807) is 0 Å². The van der Waals surface area contributed by atoms with Gasteiger partial charge in [-0.3, -0.25) is 19.8 Å². The summed E-state index contributed by atoms with van der Waals surface area (Å²) in [6.45, 7) is 9.71. The van der Waals surface area contributed by atoms with Crippen molar-refractivity contribution in [2.75, 3.05) is 59.9 Å². The molecule has 4 aliphatic heterocycles. The van der Waals surface area contributed by atoms with Crippen molar-refractivity contribution in [1.82, 2.24) is 36.0 Å². The highest BCUT2D eigenvalue weighted by atomic mass is 19.1. The summed E-state index contributed by atoms with van der Waals surface area (Å²) >= 11 is 0. The molecule has 9 unspecified atom stereocenters. The summed E-state index contributed by atoms with van der Waals surface area (Å²) in [7, 11) is 4.08. The second kappa shape index (κ2) is 15.0. The number of likely N-dealkylation sites (N-methyl/N-ethyl adjacent to an activating group) is 1. The lowest BCUT2D eigenvalue weighted by molar-refractivity contribution is -0.144. The Bertz CT molecular complexity index is 885. The lowest BCUT2D eigenvalue weighted by atomic mass is 9.88. The van der Waals surface area contributed by atoms with E-state index in [1.165, 1.54) is 0 Å². The van der Waals surface area contributed by atoms with Crippen LogP contribution in [0.1, 0.15) is 52.9 Å². The smallest absolute Gasteiger partial charge is 0.227 e. The first-order chi connectivity index (χ1) is 20.0. The van der Waals surface area contributed by atoms with Gasteiger partial charge in [-0.15, -0.1) is 0 Å². The molecule has 0 spiro atoms. The minimum atomic E-state index is -1.15. The highest BCUT2D eigenvalue weighted by molar-refractivity contribution is 5.81. The third kappa shape index (κ3) is 7.98. The van der Waals surface area contributed by atoms with Crippen LogP contribution in [0.25, 0.3) is 0 Å². The number of alkyl halides is 2. The van der Waals surface area contributed by atoms with Crippen LogP contribution in [0.3, 0.4) is 0 Å². The molecule has 0 aromatic heterocycles. The number of piperidine rings is 2. The summed E-state index contributed by atoms with van der Waals surface area (Å²) in [5.74, 6) is -0.503. The van der Waals surface area contributed by atoms with E-state index in [9.17, 15) is 14.0 Å². The first kappa shape index (κ1) is 33.5. The first-order valence-corrected chi connectivity index (χ1v) is 16.2. The van der Waals surface area contributed by atoms with Crippen LogP contribution in [0.2, 0.25) is 0 Å². The topological polar surface area (TPSA) is 118 Å². The molecule has 6 N–H and O–H groups in total. The number of nitrogens with zero attached hydrogens (tertiary/aromatic N) is 3. The Balaban J connectivity index is 1.38. The molecule has 0 aromatic rings. The summed E-state index contributed by atoms with van der Waals surface area (Å²) < 4.78 is 30.3. The van der Waals surface area contributed by atoms with Gasteiger partial charge >= 0.3 is 0 Å². The SMILES string of the molecule is CCCC(C)C1CC(F)CNC(C)C(C(=O)NC2CNCC(F)C2N2CCC(C(=O)N3CC(N(C)C)C3)CC2)C(N)N1. The number of likely N-dealkylation sites (tertiary alicyclic amines) is 2. The predicted molar refractivity (Wildman–Crippen MR) is 161 cm³/mol. The van der Waals surface area contributed by atoms with Crippen LogP contribution < -0.4 is 27.0 Å². The molecule has 10 nitrogen and oxygen atoms in total. The van der Waals surface area contributed by atoms with E-state index >= 15 is 4.39 Å². The molecule has 0 aliphatic carbocycles. The van der Waals surface area contributed by atoms with Crippen LogP contribution in [0.5, 0.6) is 0 Å². The maximum atomic E-state index is 15.5. The molecule has 0 aromatic carbocycles. The van der Waals surface area contributed by atoms with Gasteiger partial charge in [-0.2, -0.15) is 0 Å². The Hall–Kier alpha value is -1.44. The van der Waals surface area contributed by atoms with Crippen molar-refractivity contribution >= 4 is 11.8 Å². The molecular formula is C30H56F2N8O2. The Morgan fingerprint density at radius 1 is 1.12 bits per heavy atom. The summed E-state index contributed by atoms with van der Waals surface area (Å²) in [6, 6.07) is -0.999. The number of halogens is 2. The van der Waals surface area contributed by atoms with Gasteiger partial charge in [0.05, 0.1) is 24.2 Å². The molecule has 0 bridgehead atoms. The van der Waals surface area contributed by atoms with Crippen molar-refractivity contribution in [2.24, 2.45) is 23.5 Å². The van der Waals surface area contributed by atoms with Crippen molar-refractivity contribution in [3.05, 3.63) is 0 Å². The molecule has 2 amide bonds. The standard InChI is InChI=1S/C30H56F2N8O2/c1-6-7-18(2)24-12-21(31)13-35-19(3)26(28(33)36-24)29(41)37-25-15-34-14-23(32)27(25)39-10-8-20(9-11-39)30(42)40-16-22(17-40)38(4)5/h18-28,34-36H,6-17,33H2,1-5H3,(H,37,41). The fourth-order valence-electron chi connectivity index (χ4n) is 7.41. The maximum absolute atomic E-state index is 15.5. The van der Waals surface area contributed by atoms with Crippen molar-refractivity contribution in [1.29, 1.82) is 0 Å². The van der Waals surface area contributed by atoms with E-state index in [4.69, 9.17) is 5.73 Å².